The Bertz CT molecular complexity index is 877. The maximum absolute atomic E-state index is 9.73. The maximum Gasteiger partial charge on any atom is 0.231 e. The fraction of sp³-hybridized carbons (Fsp3) is 0.167. The molecule has 0 fully saturated rings. The van der Waals surface area contributed by atoms with Crippen LogP contribution in [0.1, 0.15) is 11.3 Å². The van der Waals surface area contributed by atoms with Gasteiger partial charge < -0.3 is 19.1 Å². The number of aromatic nitrogens is 2. The third-order valence-electron chi connectivity index (χ3n) is 3.99. The number of halogens is 1. The van der Waals surface area contributed by atoms with Crippen LogP contribution in [0.25, 0.3) is 11.4 Å². The number of hydrogen-bond acceptors (Lipinski definition) is 4. The average molecular weight is 343 g/mol. The Morgan fingerprint density at radius 2 is 1.92 bits per heavy atom. The zero-order chi connectivity index (χ0) is 16.5. The number of imidazole rings is 1. The molecule has 0 atom stereocenters. The number of rotatable bonds is 4. The molecule has 0 aliphatic carbocycles. The minimum atomic E-state index is -0.189. The summed E-state index contributed by atoms with van der Waals surface area (Å²) in [5.41, 5.74) is 2.46. The fourth-order valence-corrected chi connectivity index (χ4v) is 3.10. The predicted octanol–water partition coefficient (Wildman–Crippen LogP) is 3.47. The van der Waals surface area contributed by atoms with Gasteiger partial charge >= 0.3 is 0 Å². The van der Waals surface area contributed by atoms with Gasteiger partial charge in [0.05, 0.1) is 17.9 Å². The summed E-state index contributed by atoms with van der Waals surface area (Å²) in [7, 11) is 0. The summed E-state index contributed by atoms with van der Waals surface area (Å²) in [6.07, 6.45) is 0. The minimum absolute atomic E-state index is 0.187. The van der Waals surface area contributed by atoms with E-state index in [-0.39, 0.29) is 13.4 Å². The Balaban J connectivity index is 1.86. The Morgan fingerprint density at radius 1 is 1.08 bits per heavy atom. The molecular weight excluding hydrogens is 328 g/mol. The number of aliphatic hydroxyl groups excluding tert-OH is 1. The van der Waals surface area contributed by atoms with Gasteiger partial charge in [-0.05, 0) is 17.7 Å². The molecule has 0 saturated heterocycles. The van der Waals surface area contributed by atoms with Crippen molar-refractivity contribution in [3.05, 3.63) is 64.9 Å². The van der Waals surface area contributed by atoms with E-state index < -0.39 is 0 Å². The number of para-hydroxylation sites is 1. The number of fused-ring (bicyclic) bond motifs is 1. The number of ether oxygens (including phenoxy) is 2. The zero-order valence-electron chi connectivity index (χ0n) is 12.8. The third-order valence-corrected chi connectivity index (χ3v) is 4.30. The first-order valence-electron chi connectivity index (χ1n) is 7.56. The van der Waals surface area contributed by atoms with Gasteiger partial charge in [0, 0.05) is 6.54 Å². The Kier molecular flexibility index (Phi) is 3.88. The molecule has 2 heterocycles. The lowest BCUT2D eigenvalue weighted by Gasteiger charge is -2.12. The monoisotopic (exact) mass is 342 g/mol. The van der Waals surface area contributed by atoms with Crippen molar-refractivity contribution >= 4 is 11.6 Å². The molecule has 0 bridgehead atoms. The topological polar surface area (TPSA) is 56.5 Å². The predicted molar refractivity (Wildman–Crippen MR) is 90.3 cm³/mol. The second-order valence-corrected chi connectivity index (χ2v) is 5.80. The summed E-state index contributed by atoms with van der Waals surface area (Å²) in [6.45, 7) is 0.549. The average Bonchev–Trinajstić information content (AvgIpc) is 3.20. The summed E-state index contributed by atoms with van der Waals surface area (Å²) in [5.74, 6) is 1.98. The van der Waals surface area contributed by atoms with E-state index in [1.165, 1.54) is 0 Å². The molecule has 0 spiro atoms. The van der Waals surface area contributed by atoms with Gasteiger partial charge in [-0.1, -0.05) is 48.0 Å². The Hall–Kier alpha value is -2.50. The summed E-state index contributed by atoms with van der Waals surface area (Å²) < 4.78 is 12.9. The molecular formula is C18H15ClN2O3. The van der Waals surface area contributed by atoms with E-state index in [0.717, 1.165) is 11.1 Å². The van der Waals surface area contributed by atoms with Crippen molar-refractivity contribution in [2.45, 2.75) is 13.2 Å². The van der Waals surface area contributed by atoms with Crippen LogP contribution in [0.15, 0.2) is 48.5 Å². The van der Waals surface area contributed by atoms with Crippen LogP contribution in [0.2, 0.25) is 5.15 Å². The van der Waals surface area contributed by atoms with Crippen LogP contribution < -0.4 is 9.47 Å². The molecule has 2 aromatic carbocycles. The molecule has 24 heavy (non-hydrogen) atoms. The van der Waals surface area contributed by atoms with Gasteiger partial charge in [0.25, 0.3) is 0 Å². The summed E-state index contributed by atoms with van der Waals surface area (Å²) >= 11 is 6.25. The van der Waals surface area contributed by atoms with Crippen molar-refractivity contribution in [3.63, 3.8) is 0 Å². The van der Waals surface area contributed by atoms with Crippen LogP contribution in [-0.4, -0.2) is 21.5 Å². The molecule has 1 aromatic heterocycles. The maximum atomic E-state index is 9.73. The Morgan fingerprint density at radius 3 is 2.71 bits per heavy atom. The lowest BCUT2D eigenvalue weighted by molar-refractivity contribution is 0.174. The molecule has 4 rings (SSSR count). The molecule has 122 valence electrons. The molecule has 1 N–H and O–H groups in total. The number of aliphatic hydroxyl groups is 1. The van der Waals surface area contributed by atoms with Crippen LogP contribution >= 0.6 is 11.6 Å². The van der Waals surface area contributed by atoms with Crippen molar-refractivity contribution in [1.82, 2.24) is 9.55 Å². The standard InChI is InChI=1S/C18H15ClN2O3/c19-17-14(10-22)21(9-12-5-2-1-3-6-12)18(20-17)13-7-4-8-15-16(13)24-11-23-15/h1-8,22H,9-11H2. The first-order chi connectivity index (χ1) is 11.8. The van der Waals surface area contributed by atoms with Crippen molar-refractivity contribution in [2.75, 3.05) is 6.79 Å². The van der Waals surface area contributed by atoms with Gasteiger partial charge in [-0.3, -0.25) is 0 Å². The third kappa shape index (κ3) is 2.52. The second kappa shape index (κ2) is 6.19. The highest BCUT2D eigenvalue weighted by molar-refractivity contribution is 6.30. The molecule has 5 nitrogen and oxygen atoms in total. The summed E-state index contributed by atoms with van der Waals surface area (Å²) in [6, 6.07) is 15.6. The van der Waals surface area contributed by atoms with Gasteiger partial charge in [0.2, 0.25) is 6.79 Å². The smallest absolute Gasteiger partial charge is 0.231 e. The number of nitrogens with zero attached hydrogens (tertiary/aromatic N) is 2. The number of hydrogen-bond donors (Lipinski definition) is 1. The molecule has 3 aromatic rings. The first kappa shape index (κ1) is 15.1. The van der Waals surface area contributed by atoms with Crippen molar-refractivity contribution in [2.24, 2.45) is 0 Å². The van der Waals surface area contributed by atoms with Crippen molar-refractivity contribution in [1.29, 1.82) is 0 Å². The van der Waals surface area contributed by atoms with Gasteiger partial charge in [-0.2, -0.15) is 0 Å². The van der Waals surface area contributed by atoms with Crippen LogP contribution in [0, 0.1) is 0 Å². The van der Waals surface area contributed by atoms with E-state index in [1.807, 2.05) is 53.1 Å². The largest absolute Gasteiger partial charge is 0.454 e. The molecule has 0 saturated carbocycles. The normalized spacial score (nSPS) is 12.6. The highest BCUT2D eigenvalue weighted by Crippen LogP contribution is 2.41. The van der Waals surface area contributed by atoms with Crippen LogP contribution in [0.5, 0.6) is 11.5 Å². The molecule has 1 aliphatic heterocycles. The van der Waals surface area contributed by atoms with E-state index in [9.17, 15) is 5.11 Å². The van der Waals surface area contributed by atoms with E-state index in [4.69, 9.17) is 21.1 Å². The molecule has 0 radical (unpaired) electrons. The van der Waals surface area contributed by atoms with Gasteiger partial charge in [-0.25, -0.2) is 4.98 Å². The van der Waals surface area contributed by atoms with Crippen molar-refractivity contribution in [3.8, 4) is 22.9 Å². The van der Waals surface area contributed by atoms with Crippen LogP contribution in [0.3, 0.4) is 0 Å². The van der Waals surface area contributed by atoms with Gasteiger partial charge in [-0.15, -0.1) is 0 Å². The highest BCUT2D eigenvalue weighted by atomic mass is 35.5. The first-order valence-corrected chi connectivity index (χ1v) is 7.94. The van der Waals surface area contributed by atoms with Gasteiger partial charge in [0.15, 0.2) is 16.7 Å². The number of benzene rings is 2. The highest BCUT2D eigenvalue weighted by Gasteiger charge is 2.24. The minimum Gasteiger partial charge on any atom is -0.454 e. The van der Waals surface area contributed by atoms with E-state index in [2.05, 4.69) is 4.98 Å². The zero-order valence-corrected chi connectivity index (χ0v) is 13.5. The van der Waals surface area contributed by atoms with Crippen LogP contribution in [-0.2, 0) is 13.2 Å². The van der Waals surface area contributed by atoms with Crippen LogP contribution in [0.4, 0.5) is 0 Å². The van der Waals surface area contributed by atoms with Gasteiger partial charge in [0.1, 0.15) is 5.82 Å². The second-order valence-electron chi connectivity index (χ2n) is 5.44. The van der Waals surface area contributed by atoms with Crippen molar-refractivity contribution < 1.29 is 14.6 Å². The van der Waals surface area contributed by atoms with E-state index in [0.29, 0.717) is 34.7 Å². The molecule has 0 unspecified atom stereocenters. The summed E-state index contributed by atoms with van der Waals surface area (Å²) in [4.78, 5) is 4.46. The van der Waals surface area contributed by atoms with E-state index in [1.54, 1.807) is 0 Å². The summed E-state index contributed by atoms with van der Waals surface area (Å²) in [5, 5.41) is 10.0. The quantitative estimate of drug-likeness (QED) is 0.788. The molecule has 6 heteroatoms. The lowest BCUT2D eigenvalue weighted by Crippen LogP contribution is -2.07. The SMILES string of the molecule is OCc1c(Cl)nc(-c2cccc3c2OCO3)n1Cc1ccccc1. The lowest BCUT2D eigenvalue weighted by atomic mass is 10.1. The molecule has 1 aliphatic rings. The van der Waals surface area contributed by atoms with E-state index >= 15 is 0 Å². The molecule has 0 amide bonds. The fourth-order valence-electron chi connectivity index (χ4n) is 2.86. The Labute approximate surface area is 144 Å².